The molecule has 0 aliphatic rings. The highest BCUT2D eigenvalue weighted by Crippen LogP contribution is 2.31. The van der Waals surface area contributed by atoms with Crippen LogP contribution < -0.4 is 10.1 Å². The molecule has 1 aromatic carbocycles. The summed E-state index contributed by atoms with van der Waals surface area (Å²) in [5, 5.41) is 12.5. The number of hydrogen-bond acceptors (Lipinski definition) is 7. The number of anilines is 1. The molecule has 0 spiro atoms. The van der Waals surface area contributed by atoms with Gasteiger partial charge in [-0.05, 0) is 24.3 Å². The van der Waals surface area contributed by atoms with E-state index in [-0.39, 0.29) is 24.0 Å². The van der Waals surface area contributed by atoms with Crippen molar-refractivity contribution in [3.63, 3.8) is 0 Å². The standard InChI is InChI=1S/C18H16F3N7O/c1-18(20,21)14-6-12(2-3-15(14)19)24-9-13(28-22)10-29-17-23-5-4-16(27-17)11-7-25-26-8-11/h2-9,22,24H,10H2,1H3,(H,25,26)/b13-9-,28-22?. The molecule has 11 heteroatoms. The summed E-state index contributed by atoms with van der Waals surface area (Å²) in [6, 6.07) is 4.97. The van der Waals surface area contributed by atoms with Gasteiger partial charge in [0, 0.05) is 36.8 Å². The van der Waals surface area contributed by atoms with Crippen LogP contribution in [0.3, 0.4) is 0 Å². The Balaban J connectivity index is 1.67. The Hall–Kier alpha value is -3.76. The summed E-state index contributed by atoms with van der Waals surface area (Å²) in [7, 11) is 0. The molecule has 0 aliphatic carbocycles. The van der Waals surface area contributed by atoms with E-state index in [9.17, 15) is 13.2 Å². The molecule has 3 rings (SSSR count). The van der Waals surface area contributed by atoms with Crippen molar-refractivity contribution < 1.29 is 17.9 Å². The quantitative estimate of drug-likeness (QED) is 0.480. The van der Waals surface area contributed by atoms with E-state index in [0.29, 0.717) is 12.6 Å². The highest BCUT2D eigenvalue weighted by atomic mass is 19.3. The Bertz CT molecular complexity index is 1020. The average Bonchev–Trinajstić information content (AvgIpc) is 3.23. The van der Waals surface area contributed by atoms with Crippen LogP contribution in [-0.2, 0) is 5.92 Å². The molecule has 150 valence electrons. The van der Waals surface area contributed by atoms with E-state index in [0.717, 1.165) is 17.7 Å². The van der Waals surface area contributed by atoms with E-state index in [1.54, 1.807) is 18.5 Å². The van der Waals surface area contributed by atoms with Crippen LogP contribution in [0.1, 0.15) is 12.5 Å². The van der Waals surface area contributed by atoms with Gasteiger partial charge in [-0.2, -0.15) is 15.2 Å². The van der Waals surface area contributed by atoms with Crippen LogP contribution in [0.4, 0.5) is 18.9 Å². The highest BCUT2D eigenvalue weighted by Gasteiger charge is 2.28. The third-order valence-corrected chi connectivity index (χ3v) is 3.76. The van der Waals surface area contributed by atoms with E-state index < -0.39 is 17.3 Å². The fraction of sp³-hybridized carbons (Fsp3) is 0.167. The predicted molar refractivity (Wildman–Crippen MR) is 97.9 cm³/mol. The second kappa shape index (κ2) is 8.50. The molecule has 8 nitrogen and oxygen atoms in total. The molecule has 0 fully saturated rings. The number of aromatic nitrogens is 4. The van der Waals surface area contributed by atoms with Gasteiger partial charge in [0.2, 0.25) is 0 Å². The van der Waals surface area contributed by atoms with Crippen LogP contribution in [-0.4, -0.2) is 26.8 Å². The maximum Gasteiger partial charge on any atom is 0.317 e. The third-order valence-electron chi connectivity index (χ3n) is 3.76. The first kappa shape index (κ1) is 20.0. The first-order chi connectivity index (χ1) is 13.9. The van der Waals surface area contributed by atoms with Crippen LogP contribution in [0.15, 0.2) is 59.9 Å². The molecule has 0 aliphatic heterocycles. The summed E-state index contributed by atoms with van der Waals surface area (Å²) in [5.41, 5.74) is 8.18. The fourth-order valence-electron chi connectivity index (χ4n) is 2.32. The summed E-state index contributed by atoms with van der Waals surface area (Å²) in [4.78, 5) is 8.20. The molecule has 2 aromatic heterocycles. The Morgan fingerprint density at radius 3 is 2.90 bits per heavy atom. The number of aromatic amines is 1. The van der Waals surface area contributed by atoms with Crippen molar-refractivity contribution in [2.75, 3.05) is 11.9 Å². The van der Waals surface area contributed by atoms with Crippen LogP contribution in [0.5, 0.6) is 6.01 Å². The van der Waals surface area contributed by atoms with E-state index >= 15 is 0 Å². The van der Waals surface area contributed by atoms with E-state index in [4.69, 9.17) is 10.3 Å². The maximum absolute atomic E-state index is 13.6. The van der Waals surface area contributed by atoms with Gasteiger partial charge in [-0.1, -0.05) is 0 Å². The van der Waals surface area contributed by atoms with Gasteiger partial charge in [-0.15, -0.1) is 0 Å². The second-order valence-corrected chi connectivity index (χ2v) is 5.97. The van der Waals surface area contributed by atoms with Crippen molar-refractivity contribution in [1.29, 1.82) is 5.53 Å². The molecular weight excluding hydrogens is 387 g/mol. The molecule has 0 radical (unpaired) electrons. The summed E-state index contributed by atoms with van der Waals surface area (Å²) < 4.78 is 45.9. The average molecular weight is 403 g/mol. The van der Waals surface area contributed by atoms with Gasteiger partial charge < -0.3 is 10.1 Å². The van der Waals surface area contributed by atoms with Gasteiger partial charge in [0.1, 0.15) is 18.1 Å². The lowest BCUT2D eigenvalue weighted by Gasteiger charge is -2.13. The van der Waals surface area contributed by atoms with Gasteiger partial charge in [0.05, 0.1) is 17.5 Å². The summed E-state index contributed by atoms with van der Waals surface area (Å²) in [6.45, 7) is 0.463. The van der Waals surface area contributed by atoms with Crippen molar-refractivity contribution >= 4 is 5.69 Å². The van der Waals surface area contributed by atoms with Gasteiger partial charge in [-0.3, -0.25) is 5.10 Å². The number of nitrogens with one attached hydrogen (secondary N) is 3. The molecule has 3 aromatic rings. The minimum atomic E-state index is -3.32. The molecule has 2 heterocycles. The molecule has 0 saturated heterocycles. The van der Waals surface area contributed by atoms with Crippen LogP contribution in [0.25, 0.3) is 11.3 Å². The van der Waals surface area contributed by atoms with Crippen molar-refractivity contribution in [3.8, 4) is 17.3 Å². The number of alkyl halides is 2. The summed E-state index contributed by atoms with van der Waals surface area (Å²) >= 11 is 0. The number of ether oxygens (including phenoxy) is 1. The van der Waals surface area contributed by atoms with Crippen LogP contribution >= 0.6 is 0 Å². The lowest BCUT2D eigenvalue weighted by Crippen LogP contribution is -2.10. The number of H-pyrrole nitrogens is 1. The molecule has 29 heavy (non-hydrogen) atoms. The van der Waals surface area contributed by atoms with Gasteiger partial charge in [-0.25, -0.2) is 23.7 Å². The van der Waals surface area contributed by atoms with E-state index in [1.807, 2.05) is 0 Å². The van der Waals surface area contributed by atoms with Gasteiger partial charge in [0.15, 0.2) is 0 Å². The zero-order valence-corrected chi connectivity index (χ0v) is 15.2. The number of nitrogens with zero attached hydrogens (tertiary/aromatic N) is 4. The smallest absolute Gasteiger partial charge is 0.317 e. The SMILES string of the molecule is CC(F)(F)c1cc(N/C=C(/COc2nccc(-c3cn[nH]c3)n2)N=N)ccc1F. The third kappa shape index (κ3) is 5.15. The minimum absolute atomic E-state index is 0.0629. The summed E-state index contributed by atoms with van der Waals surface area (Å²) in [5.74, 6) is -4.33. The minimum Gasteiger partial charge on any atom is -0.457 e. The van der Waals surface area contributed by atoms with Crippen molar-refractivity contribution in [1.82, 2.24) is 20.2 Å². The topological polar surface area (TPSA) is 112 Å². The predicted octanol–water partition coefficient (Wildman–Crippen LogP) is 4.48. The number of hydrogen-bond donors (Lipinski definition) is 3. The molecule has 0 bridgehead atoms. The second-order valence-electron chi connectivity index (χ2n) is 5.97. The molecule has 0 saturated carbocycles. The lowest BCUT2D eigenvalue weighted by molar-refractivity contribution is 0.0138. The van der Waals surface area contributed by atoms with E-state index in [1.165, 1.54) is 18.5 Å². The molecule has 0 unspecified atom stereocenters. The molecule has 3 N–H and O–H groups in total. The van der Waals surface area contributed by atoms with E-state index in [2.05, 4.69) is 30.6 Å². The Morgan fingerprint density at radius 1 is 1.38 bits per heavy atom. The summed E-state index contributed by atoms with van der Waals surface area (Å²) in [6.07, 6.45) is 6.06. The van der Waals surface area contributed by atoms with Crippen molar-refractivity contribution in [3.05, 3.63) is 66.1 Å². The number of benzene rings is 1. The number of halogens is 3. The van der Waals surface area contributed by atoms with Gasteiger partial charge >= 0.3 is 6.01 Å². The number of rotatable bonds is 8. The zero-order valence-electron chi connectivity index (χ0n) is 15.2. The monoisotopic (exact) mass is 403 g/mol. The van der Waals surface area contributed by atoms with Crippen LogP contribution in [0.2, 0.25) is 0 Å². The largest absolute Gasteiger partial charge is 0.457 e. The normalized spacial score (nSPS) is 11.9. The van der Waals surface area contributed by atoms with Crippen molar-refractivity contribution in [2.24, 2.45) is 5.11 Å². The highest BCUT2D eigenvalue weighted by molar-refractivity contribution is 5.56. The Morgan fingerprint density at radius 2 is 2.21 bits per heavy atom. The first-order valence-corrected chi connectivity index (χ1v) is 8.32. The molecular formula is C18H16F3N7O. The van der Waals surface area contributed by atoms with Crippen LogP contribution in [0, 0.1) is 11.3 Å². The zero-order chi connectivity index (χ0) is 20.9. The Labute approximate surface area is 163 Å². The Kier molecular flexibility index (Phi) is 5.86. The lowest BCUT2D eigenvalue weighted by atomic mass is 10.1. The molecule has 0 atom stereocenters. The maximum atomic E-state index is 13.6. The van der Waals surface area contributed by atoms with Crippen molar-refractivity contribution in [2.45, 2.75) is 12.8 Å². The molecule has 0 amide bonds. The van der Waals surface area contributed by atoms with Gasteiger partial charge in [0.25, 0.3) is 5.92 Å². The first-order valence-electron chi connectivity index (χ1n) is 8.32. The fourth-order valence-corrected chi connectivity index (χ4v) is 2.32.